The van der Waals surface area contributed by atoms with Crippen molar-refractivity contribution in [3.05, 3.63) is 42.5 Å². The maximum Gasteiger partial charge on any atom is 0.305 e. The van der Waals surface area contributed by atoms with Gasteiger partial charge in [0.05, 0.1) is 6.42 Å². The first-order valence-electron chi connectivity index (χ1n) is 6.96. The fraction of sp³-hybridized carbons (Fsp3) is 0.375. The van der Waals surface area contributed by atoms with Crippen molar-refractivity contribution in [1.29, 1.82) is 0 Å². The highest BCUT2D eigenvalue weighted by Crippen LogP contribution is 2.34. The summed E-state index contributed by atoms with van der Waals surface area (Å²) in [5.74, 6) is -0.181. The Hall–Kier alpha value is -2.30. The first kappa shape index (κ1) is 15.1. The summed E-state index contributed by atoms with van der Waals surface area (Å²) in [4.78, 5) is 23.0. The highest BCUT2D eigenvalue weighted by Gasteiger charge is 2.33. The predicted molar refractivity (Wildman–Crippen MR) is 78.4 cm³/mol. The number of benzene rings is 1. The maximum absolute atomic E-state index is 12.1. The summed E-state index contributed by atoms with van der Waals surface area (Å²) in [5, 5.41) is 11.7. The fourth-order valence-electron chi connectivity index (χ4n) is 2.13. The van der Waals surface area contributed by atoms with Gasteiger partial charge in [-0.15, -0.1) is 0 Å². The summed E-state index contributed by atoms with van der Waals surface area (Å²) in [6.45, 7) is 3.97. The molecule has 1 unspecified atom stereocenters. The van der Waals surface area contributed by atoms with Crippen molar-refractivity contribution < 1.29 is 19.4 Å². The smallest absolute Gasteiger partial charge is 0.305 e. The number of carboxylic acids is 1. The topological polar surface area (TPSA) is 75.6 Å². The van der Waals surface area contributed by atoms with E-state index in [2.05, 4.69) is 11.9 Å². The van der Waals surface area contributed by atoms with Gasteiger partial charge < -0.3 is 15.2 Å². The van der Waals surface area contributed by atoms with E-state index in [-0.39, 0.29) is 18.4 Å². The number of nitrogens with one attached hydrogen (secondary N) is 1. The van der Waals surface area contributed by atoms with Crippen molar-refractivity contribution in [2.24, 2.45) is 5.92 Å². The zero-order valence-electron chi connectivity index (χ0n) is 11.7. The van der Waals surface area contributed by atoms with Gasteiger partial charge in [0.2, 0.25) is 0 Å². The van der Waals surface area contributed by atoms with Gasteiger partial charge in [-0.05, 0) is 43.0 Å². The van der Waals surface area contributed by atoms with Gasteiger partial charge in [0.1, 0.15) is 12.4 Å². The number of aliphatic carboxylic acids is 1. The van der Waals surface area contributed by atoms with E-state index in [1.807, 2.05) is 0 Å². The average Bonchev–Trinajstić information content (AvgIpc) is 3.29. The van der Waals surface area contributed by atoms with E-state index in [9.17, 15) is 9.59 Å². The molecule has 2 N–H and O–H groups in total. The van der Waals surface area contributed by atoms with E-state index in [1.165, 1.54) is 0 Å². The number of hydrogen-bond donors (Lipinski definition) is 2. The Morgan fingerprint density at radius 1 is 1.38 bits per heavy atom. The molecule has 1 fully saturated rings. The Morgan fingerprint density at radius 3 is 2.57 bits per heavy atom. The van der Waals surface area contributed by atoms with E-state index in [1.54, 1.807) is 30.3 Å². The standard InChI is InChI=1S/C16H19NO4/c1-2-9-21-13-7-5-12(6-8-13)16(20)17-14(10-15(18)19)11-3-4-11/h2,5-8,11,14H,1,3-4,9-10H2,(H,17,20)(H,18,19). The van der Waals surface area contributed by atoms with Crippen LogP contribution >= 0.6 is 0 Å². The monoisotopic (exact) mass is 289 g/mol. The van der Waals surface area contributed by atoms with Gasteiger partial charge in [-0.2, -0.15) is 0 Å². The third-order valence-electron chi connectivity index (χ3n) is 3.39. The van der Waals surface area contributed by atoms with Gasteiger partial charge in [0, 0.05) is 11.6 Å². The number of hydrogen-bond acceptors (Lipinski definition) is 3. The number of carbonyl (C=O) groups is 2. The van der Waals surface area contributed by atoms with Gasteiger partial charge in [-0.1, -0.05) is 12.7 Å². The summed E-state index contributed by atoms with van der Waals surface area (Å²) >= 11 is 0. The Balaban J connectivity index is 1.95. The molecule has 5 heteroatoms. The summed E-state index contributed by atoms with van der Waals surface area (Å²) in [6, 6.07) is 6.46. The second-order valence-corrected chi connectivity index (χ2v) is 5.14. The van der Waals surface area contributed by atoms with Crippen LogP contribution in [0.25, 0.3) is 0 Å². The van der Waals surface area contributed by atoms with E-state index in [4.69, 9.17) is 9.84 Å². The SMILES string of the molecule is C=CCOc1ccc(C(=O)NC(CC(=O)O)C2CC2)cc1. The number of rotatable bonds is 8. The van der Waals surface area contributed by atoms with E-state index in [0.717, 1.165) is 12.8 Å². The minimum absolute atomic E-state index is 0.0308. The van der Waals surface area contributed by atoms with Gasteiger partial charge in [-0.3, -0.25) is 9.59 Å². The van der Waals surface area contributed by atoms with Crippen molar-refractivity contribution in [2.45, 2.75) is 25.3 Å². The van der Waals surface area contributed by atoms with Crippen molar-refractivity contribution in [2.75, 3.05) is 6.61 Å². The molecule has 0 heterocycles. The van der Waals surface area contributed by atoms with Crippen molar-refractivity contribution in [1.82, 2.24) is 5.32 Å². The molecule has 1 aromatic rings. The highest BCUT2D eigenvalue weighted by atomic mass is 16.5. The lowest BCUT2D eigenvalue weighted by Gasteiger charge is -2.16. The number of amides is 1. The quantitative estimate of drug-likeness (QED) is 0.720. The lowest BCUT2D eigenvalue weighted by Crippen LogP contribution is -2.38. The summed E-state index contributed by atoms with van der Waals surface area (Å²) in [7, 11) is 0. The van der Waals surface area contributed by atoms with Crippen LogP contribution < -0.4 is 10.1 Å². The Bertz CT molecular complexity index is 520. The zero-order chi connectivity index (χ0) is 15.2. The van der Waals surface area contributed by atoms with Crippen LogP contribution in [0.4, 0.5) is 0 Å². The fourth-order valence-corrected chi connectivity index (χ4v) is 2.13. The Labute approximate surface area is 123 Å². The van der Waals surface area contributed by atoms with E-state index in [0.29, 0.717) is 23.8 Å². The van der Waals surface area contributed by atoms with Gasteiger partial charge in [0.15, 0.2) is 0 Å². The first-order valence-corrected chi connectivity index (χ1v) is 6.96. The van der Waals surface area contributed by atoms with Gasteiger partial charge in [-0.25, -0.2) is 0 Å². The third kappa shape index (κ3) is 4.63. The third-order valence-corrected chi connectivity index (χ3v) is 3.39. The minimum atomic E-state index is -0.889. The molecule has 1 atom stereocenters. The molecular formula is C16H19NO4. The van der Waals surface area contributed by atoms with Crippen LogP contribution in [0, 0.1) is 5.92 Å². The van der Waals surface area contributed by atoms with E-state index >= 15 is 0 Å². The van der Waals surface area contributed by atoms with Gasteiger partial charge in [0.25, 0.3) is 5.91 Å². The summed E-state index contributed by atoms with van der Waals surface area (Å²) in [5.41, 5.74) is 0.497. The first-order chi connectivity index (χ1) is 10.1. The van der Waals surface area contributed by atoms with Crippen molar-refractivity contribution in [3.63, 3.8) is 0 Å². The Kier molecular flexibility index (Phi) is 4.98. The molecule has 0 radical (unpaired) electrons. The minimum Gasteiger partial charge on any atom is -0.490 e. The summed E-state index contributed by atoms with van der Waals surface area (Å²) < 4.78 is 5.34. The van der Waals surface area contributed by atoms with E-state index < -0.39 is 5.97 Å². The molecule has 0 aliphatic heterocycles. The molecule has 0 bridgehead atoms. The largest absolute Gasteiger partial charge is 0.490 e. The van der Waals surface area contributed by atoms with Crippen molar-refractivity contribution >= 4 is 11.9 Å². The average molecular weight is 289 g/mol. The molecule has 21 heavy (non-hydrogen) atoms. The van der Waals surface area contributed by atoms with Crippen LogP contribution in [0.3, 0.4) is 0 Å². The maximum atomic E-state index is 12.1. The lowest BCUT2D eigenvalue weighted by atomic mass is 10.1. The molecule has 0 saturated heterocycles. The van der Waals surface area contributed by atoms with Crippen LogP contribution in [0.15, 0.2) is 36.9 Å². The zero-order valence-corrected chi connectivity index (χ0v) is 11.7. The number of carboxylic acid groups (broad SMARTS) is 1. The molecule has 1 amide bonds. The number of carbonyl (C=O) groups excluding carboxylic acids is 1. The normalized spacial score (nSPS) is 15.0. The molecule has 0 aromatic heterocycles. The van der Waals surface area contributed by atoms with Crippen LogP contribution in [0.1, 0.15) is 29.6 Å². The molecule has 112 valence electrons. The molecular weight excluding hydrogens is 270 g/mol. The van der Waals surface area contributed by atoms with Crippen LogP contribution in [0.5, 0.6) is 5.75 Å². The molecule has 1 aliphatic carbocycles. The molecule has 2 rings (SSSR count). The molecule has 5 nitrogen and oxygen atoms in total. The second kappa shape index (κ2) is 6.92. The van der Waals surface area contributed by atoms with Crippen LogP contribution in [-0.2, 0) is 4.79 Å². The highest BCUT2D eigenvalue weighted by molar-refractivity contribution is 5.94. The predicted octanol–water partition coefficient (Wildman–Crippen LogP) is 2.23. The molecule has 1 aliphatic rings. The molecule has 1 aromatic carbocycles. The van der Waals surface area contributed by atoms with Crippen molar-refractivity contribution in [3.8, 4) is 5.75 Å². The lowest BCUT2D eigenvalue weighted by molar-refractivity contribution is -0.137. The molecule has 1 saturated carbocycles. The Morgan fingerprint density at radius 2 is 2.05 bits per heavy atom. The van der Waals surface area contributed by atoms with Crippen LogP contribution in [0.2, 0.25) is 0 Å². The second-order valence-electron chi connectivity index (χ2n) is 5.14. The number of ether oxygens (including phenoxy) is 1. The van der Waals surface area contributed by atoms with Gasteiger partial charge >= 0.3 is 5.97 Å². The summed E-state index contributed by atoms with van der Waals surface area (Å²) in [6.07, 6.45) is 3.57. The molecule has 0 spiro atoms. The van der Waals surface area contributed by atoms with Crippen LogP contribution in [-0.4, -0.2) is 29.6 Å².